The maximum atomic E-state index is 14.8. The Morgan fingerprint density at radius 1 is 1.25 bits per heavy atom. The highest BCUT2D eigenvalue weighted by Crippen LogP contribution is 2.39. The Bertz CT molecular complexity index is 1290. The number of nitro benzene ring substituents is 1. The second-order valence-electron chi connectivity index (χ2n) is 7.52. The van der Waals surface area contributed by atoms with Crippen molar-refractivity contribution >= 4 is 16.6 Å². The molecule has 4 rings (SSSR count). The van der Waals surface area contributed by atoms with Gasteiger partial charge in [-0.1, -0.05) is 13.0 Å². The molecule has 4 aromatic rings. The highest BCUT2D eigenvalue weighted by molar-refractivity contribution is 5.84. The molecule has 32 heavy (non-hydrogen) atoms. The van der Waals surface area contributed by atoms with Crippen LogP contribution in [0.4, 0.5) is 14.5 Å². The predicted octanol–water partition coefficient (Wildman–Crippen LogP) is 3.53. The van der Waals surface area contributed by atoms with Crippen molar-refractivity contribution in [2.24, 2.45) is 0 Å². The van der Waals surface area contributed by atoms with Crippen LogP contribution < -0.4 is 0 Å². The van der Waals surface area contributed by atoms with Crippen molar-refractivity contribution in [3.63, 3.8) is 0 Å². The summed E-state index contributed by atoms with van der Waals surface area (Å²) in [5.41, 5.74) is -1.15. The second-order valence-corrected chi connectivity index (χ2v) is 7.52. The molecular weight excluding hydrogens is 422 g/mol. The molecule has 0 aliphatic carbocycles. The third-order valence-corrected chi connectivity index (χ3v) is 5.64. The Morgan fingerprint density at radius 2 is 2.03 bits per heavy atom. The summed E-state index contributed by atoms with van der Waals surface area (Å²) in [5, 5.41) is 32.4. The molecule has 2 aromatic carbocycles. The molecule has 9 nitrogen and oxygen atoms in total. The average Bonchev–Trinajstić information content (AvgIpc) is 3.39. The summed E-state index contributed by atoms with van der Waals surface area (Å²) in [4.78, 5) is 14.7. The molecule has 0 fully saturated rings. The van der Waals surface area contributed by atoms with E-state index in [1.165, 1.54) is 40.2 Å². The summed E-state index contributed by atoms with van der Waals surface area (Å²) in [6, 6.07) is 6.37. The third-order valence-electron chi connectivity index (χ3n) is 5.64. The minimum absolute atomic E-state index is 0.138. The molecule has 0 bridgehead atoms. The molecule has 0 radical (unpaired) electrons. The van der Waals surface area contributed by atoms with Gasteiger partial charge < -0.3 is 5.11 Å². The third kappa shape index (κ3) is 3.60. The van der Waals surface area contributed by atoms with Crippen LogP contribution in [0.5, 0.6) is 0 Å². The fourth-order valence-corrected chi connectivity index (χ4v) is 3.91. The zero-order valence-electron chi connectivity index (χ0n) is 17.3. The lowest BCUT2D eigenvalue weighted by atomic mass is 9.86. The van der Waals surface area contributed by atoms with E-state index < -0.39 is 28.2 Å². The molecule has 0 aliphatic rings. The van der Waals surface area contributed by atoms with Crippen LogP contribution >= 0.6 is 0 Å². The number of hydrogen-bond acceptors (Lipinski definition) is 6. The fraction of sp³-hybridized carbons (Fsp3) is 0.286. The lowest BCUT2D eigenvalue weighted by Crippen LogP contribution is -2.41. The van der Waals surface area contributed by atoms with Gasteiger partial charge in [0.25, 0.3) is 5.69 Å². The smallest absolute Gasteiger partial charge is 0.271 e. The van der Waals surface area contributed by atoms with E-state index in [9.17, 15) is 24.0 Å². The van der Waals surface area contributed by atoms with Crippen molar-refractivity contribution in [2.45, 2.75) is 38.5 Å². The summed E-state index contributed by atoms with van der Waals surface area (Å²) in [5.74, 6) is -1.71. The molecule has 0 saturated carbocycles. The van der Waals surface area contributed by atoms with Crippen LogP contribution in [0.3, 0.4) is 0 Å². The van der Waals surface area contributed by atoms with Crippen molar-refractivity contribution in [1.82, 2.24) is 24.5 Å². The number of halogens is 2. The number of non-ortho nitro benzene ring substituents is 1. The normalized spacial score (nSPS) is 14.4. The molecule has 2 heterocycles. The van der Waals surface area contributed by atoms with Gasteiger partial charge in [-0.2, -0.15) is 10.2 Å². The quantitative estimate of drug-likeness (QED) is 0.346. The zero-order valence-corrected chi connectivity index (χ0v) is 17.3. The predicted molar refractivity (Wildman–Crippen MR) is 111 cm³/mol. The SMILES string of the molecule is CCc1nn([C@H](C)[C@](O)(Cn2cncn2)c2ccc(F)cc2F)c2cc([N+](=O)[O-])ccc12. The molecule has 0 amide bonds. The first-order valence-corrected chi connectivity index (χ1v) is 9.90. The van der Waals surface area contributed by atoms with E-state index in [0.29, 0.717) is 29.1 Å². The van der Waals surface area contributed by atoms with E-state index in [1.54, 1.807) is 13.0 Å². The average molecular weight is 442 g/mol. The number of rotatable bonds is 7. The topological polar surface area (TPSA) is 112 Å². The Balaban J connectivity index is 1.93. The van der Waals surface area contributed by atoms with E-state index in [4.69, 9.17) is 0 Å². The van der Waals surface area contributed by atoms with Gasteiger partial charge in [-0.3, -0.25) is 14.8 Å². The van der Waals surface area contributed by atoms with E-state index >= 15 is 0 Å². The second kappa shape index (κ2) is 8.08. The van der Waals surface area contributed by atoms with Gasteiger partial charge >= 0.3 is 0 Å². The number of benzene rings is 2. The molecule has 2 aromatic heterocycles. The molecule has 0 unspecified atom stereocenters. The standard InChI is InChI=1S/C21H20F2N6O3/c1-3-19-16-6-5-15(29(31)32)9-20(16)28(26-19)13(2)21(30,10-27-12-24-11-25-27)17-7-4-14(22)8-18(17)23/h4-9,11-13,30H,3,10H2,1-2H3/t13-,21-/m1/s1. The molecule has 11 heteroatoms. The summed E-state index contributed by atoms with van der Waals surface area (Å²) in [6.45, 7) is 3.29. The molecule has 0 saturated heterocycles. The Hall–Kier alpha value is -3.73. The van der Waals surface area contributed by atoms with Crippen molar-refractivity contribution in [2.75, 3.05) is 0 Å². The molecular formula is C21H20F2N6O3. The van der Waals surface area contributed by atoms with E-state index in [-0.39, 0.29) is 17.8 Å². The minimum Gasteiger partial charge on any atom is -0.381 e. The number of aryl methyl sites for hydroxylation is 1. The van der Waals surface area contributed by atoms with Crippen molar-refractivity contribution in [3.8, 4) is 0 Å². The number of hydrogen-bond donors (Lipinski definition) is 1. The van der Waals surface area contributed by atoms with Crippen LogP contribution in [0.15, 0.2) is 49.1 Å². The minimum atomic E-state index is -1.94. The first kappa shape index (κ1) is 21.5. The maximum Gasteiger partial charge on any atom is 0.271 e. The summed E-state index contributed by atoms with van der Waals surface area (Å²) < 4.78 is 31.2. The highest BCUT2D eigenvalue weighted by atomic mass is 19.1. The Morgan fingerprint density at radius 3 is 2.66 bits per heavy atom. The van der Waals surface area contributed by atoms with Gasteiger partial charge in [0.15, 0.2) is 0 Å². The van der Waals surface area contributed by atoms with Gasteiger partial charge in [0.1, 0.15) is 29.9 Å². The van der Waals surface area contributed by atoms with Gasteiger partial charge in [-0.05, 0) is 25.5 Å². The van der Waals surface area contributed by atoms with Crippen molar-refractivity contribution < 1.29 is 18.8 Å². The first-order valence-electron chi connectivity index (χ1n) is 9.90. The summed E-state index contributed by atoms with van der Waals surface area (Å²) in [6.07, 6.45) is 3.18. The van der Waals surface area contributed by atoms with Crippen molar-refractivity contribution in [1.29, 1.82) is 0 Å². The van der Waals surface area contributed by atoms with Crippen LogP contribution in [0.25, 0.3) is 10.9 Å². The molecule has 0 spiro atoms. The first-order chi connectivity index (χ1) is 15.2. The zero-order chi connectivity index (χ0) is 23.0. The van der Waals surface area contributed by atoms with Crippen LogP contribution in [0, 0.1) is 21.7 Å². The number of aromatic nitrogens is 5. The molecule has 166 valence electrons. The van der Waals surface area contributed by atoms with Gasteiger partial charge in [0.2, 0.25) is 0 Å². The Kier molecular flexibility index (Phi) is 5.43. The van der Waals surface area contributed by atoms with Crippen LogP contribution in [0.2, 0.25) is 0 Å². The Labute approximate surface area is 181 Å². The van der Waals surface area contributed by atoms with Gasteiger partial charge in [-0.15, -0.1) is 0 Å². The fourth-order valence-electron chi connectivity index (χ4n) is 3.91. The van der Waals surface area contributed by atoms with Crippen LogP contribution in [-0.2, 0) is 18.6 Å². The molecule has 2 atom stereocenters. The number of nitrogens with zero attached hydrogens (tertiary/aromatic N) is 6. The largest absolute Gasteiger partial charge is 0.381 e. The molecule has 0 aliphatic heterocycles. The number of aliphatic hydroxyl groups is 1. The van der Waals surface area contributed by atoms with E-state index in [2.05, 4.69) is 15.2 Å². The van der Waals surface area contributed by atoms with Gasteiger partial charge in [0, 0.05) is 29.1 Å². The lowest BCUT2D eigenvalue weighted by Gasteiger charge is -2.35. The summed E-state index contributed by atoms with van der Waals surface area (Å²) >= 11 is 0. The monoisotopic (exact) mass is 442 g/mol. The molecule has 1 N–H and O–H groups in total. The lowest BCUT2D eigenvalue weighted by molar-refractivity contribution is -0.384. The van der Waals surface area contributed by atoms with E-state index in [0.717, 1.165) is 6.07 Å². The number of nitro groups is 1. The van der Waals surface area contributed by atoms with Crippen LogP contribution in [-0.4, -0.2) is 34.6 Å². The van der Waals surface area contributed by atoms with Gasteiger partial charge in [-0.25, -0.2) is 18.4 Å². The van der Waals surface area contributed by atoms with Crippen LogP contribution in [0.1, 0.15) is 31.1 Å². The van der Waals surface area contributed by atoms with E-state index in [1.807, 2.05) is 6.92 Å². The maximum absolute atomic E-state index is 14.8. The van der Waals surface area contributed by atoms with Gasteiger partial charge in [0.05, 0.1) is 28.7 Å². The number of fused-ring (bicyclic) bond motifs is 1. The highest BCUT2D eigenvalue weighted by Gasteiger charge is 2.41. The summed E-state index contributed by atoms with van der Waals surface area (Å²) in [7, 11) is 0. The van der Waals surface area contributed by atoms with Crippen molar-refractivity contribution in [3.05, 3.63) is 82.1 Å².